The molecule has 1 atom stereocenters. The maximum atomic E-state index is 12.5. The standard InChI is InChI=1S/C24H27NO3/c1-4-22(19-8-6-5-7-9-19)25-24(26)23-15-14-21(28-23)16-27-20-12-10-18(11-13-20)17(2)3/h5-15,17,22H,4,16H2,1-3H3,(H,25,26). The highest BCUT2D eigenvalue weighted by Crippen LogP contribution is 2.21. The molecule has 0 aliphatic rings. The summed E-state index contributed by atoms with van der Waals surface area (Å²) in [6.07, 6.45) is 0.804. The molecular weight excluding hydrogens is 350 g/mol. The van der Waals surface area contributed by atoms with Crippen molar-refractivity contribution < 1.29 is 13.9 Å². The molecule has 146 valence electrons. The first-order valence-electron chi connectivity index (χ1n) is 9.74. The van der Waals surface area contributed by atoms with E-state index in [4.69, 9.17) is 9.15 Å². The lowest BCUT2D eigenvalue weighted by molar-refractivity contribution is 0.0903. The molecule has 3 rings (SSSR count). The number of nitrogens with one attached hydrogen (secondary N) is 1. The van der Waals surface area contributed by atoms with Crippen LogP contribution in [0.3, 0.4) is 0 Å². The van der Waals surface area contributed by atoms with Crippen molar-refractivity contribution in [1.29, 1.82) is 0 Å². The zero-order valence-corrected chi connectivity index (χ0v) is 16.6. The van der Waals surface area contributed by atoms with E-state index in [0.29, 0.717) is 17.4 Å². The fraction of sp³-hybridized carbons (Fsp3) is 0.292. The molecule has 0 saturated carbocycles. The summed E-state index contributed by atoms with van der Waals surface area (Å²) < 4.78 is 11.4. The van der Waals surface area contributed by atoms with Crippen LogP contribution in [-0.2, 0) is 6.61 Å². The van der Waals surface area contributed by atoms with Gasteiger partial charge in [-0.1, -0.05) is 63.2 Å². The first kappa shape index (κ1) is 19.7. The zero-order valence-electron chi connectivity index (χ0n) is 16.6. The third kappa shape index (κ3) is 5.03. The van der Waals surface area contributed by atoms with Gasteiger partial charge in [0.25, 0.3) is 5.91 Å². The van der Waals surface area contributed by atoms with Crippen molar-refractivity contribution in [3.05, 3.63) is 89.4 Å². The van der Waals surface area contributed by atoms with Crippen LogP contribution in [0.1, 0.15) is 66.6 Å². The second-order valence-corrected chi connectivity index (χ2v) is 7.12. The maximum Gasteiger partial charge on any atom is 0.287 e. The molecule has 2 aromatic carbocycles. The first-order chi connectivity index (χ1) is 13.6. The Bertz CT molecular complexity index is 882. The Kier molecular flexibility index (Phi) is 6.53. The molecule has 0 radical (unpaired) electrons. The van der Waals surface area contributed by atoms with Crippen LogP contribution in [-0.4, -0.2) is 5.91 Å². The molecule has 1 aromatic heterocycles. The molecule has 0 fully saturated rings. The van der Waals surface area contributed by atoms with E-state index in [-0.39, 0.29) is 18.6 Å². The van der Waals surface area contributed by atoms with E-state index in [1.54, 1.807) is 12.1 Å². The predicted octanol–water partition coefficient (Wildman–Crippen LogP) is 5.86. The Morgan fingerprint density at radius 3 is 2.32 bits per heavy atom. The molecule has 0 aliphatic carbocycles. The van der Waals surface area contributed by atoms with Crippen molar-refractivity contribution in [2.75, 3.05) is 0 Å². The van der Waals surface area contributed by atoms with Gasteiger partial charge in [-0.3, -0.25) is 4.79 Å². The molecule has 1 amide bonds. The maximum absolute atomic E-state index is 12.5. The third-order valence-corrected chi connectivity index (χ3v) is 4.73. The van der Waals surface area contributed by atoms with Gasteiger partial charge in [0, 0.05) is 0 Å². The van der Waals surface area contributed by atoms with Gasteiger partial charge in [0.05, 0.1) is 6.04 Å². The summed E-state index contributed by atoms with van der Waals surface area (Å²) in [5.41, 5.74) is 2.35. The Labute approximate surface area is 166 Å². The molecule has 0 bridgehead atoms. The van der Waals surface area contributed by atoms with Crippen LogP contribution in [0.4, 0.5) is 0 Å². The smallest absolute Gasteiger partial charge is 0.287 e. The second-order valence-electron chi connectivity index (χ2n) is 7.12. The molecule has 4 heteroatoms. The van der Waals surface area contributed by atoms with Gasteiger partial charge in [-0.2, -0.15) is 0 Å². The van der Waals surface area contributed by atoms with Crippen molar-refractivity contribution >= 4 is 5.91 Å². The average Bonchev–Trinajstić information content (AvgIpc) is 3.20. The van der Waals surface area contributed by atoms with E-state index in [1.807, 2.05) is 49.4 Å². The van der Waals surface area contributed by atoms with Crippen LogP contribution >= 0.6 is 0 Å². The highest BCUT2D eigenvalue weighted by atomic mass is 16.5. The van der Waals surface area contributed by atoms with Gasteiger partial charge in [0.15, 0.2) is 5.76 Å². The lowest BCUT2D eigenvalue weighted by Gasteiger charge is -2.16. The van der Waals surface area contributed by atoms with Gasteiger partial charge in [-0.05, 0) is 47.7 Å². The summed E-state index contributed by atoms with van der Waals surface area (Å²) in [6.45, 7) is 6.65. The Hall–Kier alpha value is -3.01. The Morgan fingerprint density at radius 1 is 0.964 bits per heavy atom. The number of rotatable bonds is 8. The summed E-state index contributed by atoms with van der Waals surface area (Å²) >= 11 is 0. The summed E-state index contributed by atoms with van der Waals surface area (Å²) in [7, 11) is 0. The van der Waals surface area contributed by atoms with Gasteiger partial charge in [-0.25, -0.2) is 0 Å². The van der Waals surface area contributed by atoms with Crippen molar-refractivity contribution in [2.24, 2.45) is 0 Å². The number of ether oxygens (including phenoxy) is 1. The molecule has 1 unspecified atom stereocenters. The number of carbonyl (C=O) groups is 1. The number of hydrogen-bond donors (Lipinski definition) is 1. The molecule has 1 N–H and O–H groups in total. The van der Waals surface area contributed by atoms with Crippen LogP contribution < -0.4 is 10.1 Å². The van der Waals surface area contributed by atoms with Crippen LogP contribution in [0.25, 0.3) is 0 Å². The number of furan rings is 1. The van der Waals surface area contributed by atoms with Crippen LogP contribution in [0.15, 0.2) is 71.1 Å². The zero-order chi connectivity index (χ0) is 19.9. The molecule has 0 spiro atoms. The Balaban J connectivity index is 1.57. The minimum atomic E-state index is -0.219. The largest absolute Gasteiger partial charge is 0.486 e. The van der Waals surface area contributed by atoms with E-state index < -0.39 is 0 Å². The lowest BCUT2D eigenvalue weighted by Crippen LogP contribution is -2.27. The van der Waals surface area contributed by atoms with Crippen molar-refractivity contribution in [3.63, 3.8) is 0 Å². The van der Waals surface area contributed by atoms with Gasteiger partial charge >= 0.3 is 0 Å². The van der Waals surface area contributed by atoms with E-state index in [9.17, 15) is 4.79 Å². The minimum absolute atomic E-state index is 0.0435. The van der Waals surface area contributed by atoms with Crippen molar-refractivity contribution in [2.45, 2.75) is 45.8 Å². The minimum Gasteiger partial charge on any atom is -0.486 e. The van der Waals surface area contributed by atoms with Gasteiger partial charge in [0.1, 0.15) is 18.1 Å². The second kappa shape index (κ2) is 9.27. The molecule has 1 heterocycles. The monoisotopic (exact) mass is 377 g/mol. The quantitative estimate of drug-likeness (QED) is 0.535. The lowest BCUT2D eigenvalue weighted by atomic mass is 10.0. The topological polar surface area (TPSA) is 51.5 Å². The van der Waals surface area contributed by atoms with Crippen LogP contribution in [0, 0.1) is 0 Å². The average molecular weight is 377 g/mol. The highest BCUT2D eigenvalue weighted by Gasteiger charge is 2.17. The highest BCUT2D eigenvalue weighted by molar-refractivity contribution is 5.91. The Morgan fingerprint density at radius 2 is 1.68 bits per heavy atom. The predicted molar refractivity (Wildman–Crippen MR) is 111 cm³/mol. The summed E-state index contributed by atoms with van der Waals surface area (Å²) in [5, 5.41) is 3.03. The van der Waals surface area contributed by atoms with E-state index in [0.717, 1.165) is 17.7 Å². The number of amides is 1. The number of carbonyl (C=O) groups excluding carboxylic acids is 1. The summed E-state index contributed by atoms with van der Waals surface area (Å²) in [4.78, 5) is 12.5. The molecular formula is C24H27NO3. The van der Waals surface area contributed by atoms with Crippen molar-refractivity contribution in [3.8, 4) is 5.75 Å². The summed E-state index contributed by atoms with van der Waals surface area (Å²) in [6, 6.07) is 21.4. The van der Waals surface area contributed by atoms with E-state index >= 15 is 0 Å². The fourth-order valence-corrected chi connectivity index (χ4v) is 3.02. The number of benzene rings is 2. The van der Waals surface area contributed by atoms with Gasteiger partial charge < -0.3 is 14.5 Å². The summed E-state index contributed by atoms with van der Waals surface area (Å²) in [5.74, 6) is 1.96. The molecule has 0 aliphatic heterocycles. The van der Waals surface area contributed by atoms with E-state index in [1.165, 1.54) is 5.56 Å². The normalized spacial score (nSPS) is 12.0. The van der Waals surface area contributed by atoms with Crippen molar-refractivity contribution in [1.82, 2.24) is 5.32 Å². The molecule has 4 nitrogen and oxygen atoms in total. The third-order valence-electron chi connectivity index (χ3n) is 4.73. The van der Waals surface area contributed by atoms with Gasteiger partial charge in [-0.15, -0.1) is 0 Å². The van der Waals surface area contributed by atoms with E-state index in [2.05, 4.69) is 31.3 Å². The molecule has 0 saturated heterocycles. The molecule has 28 heavy (non-hydrogen) atoms. The SMILES string of the molecule is CCC(NC(=O)c1ccc(COc2ccc(C(C)C)cc2)o1)c1ccccc1. The van der Waals surface area contributed by atoms with Crippen LogP contribution in [0.2, 0.25) is 0 Å². The fourth-order valence-electron chi connectivity index (χ4n) is 3.02. The molecule has 3 aromatic rings. The van der Waals surface area contributed by atoms with Crippen LogP contribution in [0.5, 0.6) is 5.75 Å². The number of hydrogen-bond acceptors (Lipinski definition) is 3. The first-order valence-corrected chi connectivity index (χ1v) is 9.74. The van der Waals surface area contributed by atoms with Gasteiger partial charge in [0.2, 0.25) is 0 Å².